The molecule has 1 aliphatic rings. The van der Waals surface area contributed by atoms with E-state index < -0.39 is 10.0 Å². The molecule has 5 nitrogen and oxygen atoms in total. The lowest BCUT2D eigenvalue weighted by Crippen LogP contribution is -2.34. The Labute approximate surface area is 135 Å². The second-order valence-corrected chi connectivity index (χ2v) is 8.78. The van der Waals surface area contributed by atoms with Gasteiger partial charge in [0.25, 0.3) is 10.0 Å². The summed E-state index contributed by atoms with van der Waals surface area (Å²) in [5.74, 6) is 0.281. The van der Waals surface area contributed by atoms with Crippen molar-refractivity contribution in [2.24, 2.45) is 0 Å². The van der Waals surface area contributed by atoms with E-state index in [9.17, 15) is 8.42 Å². The maximum absolute atomic E-state index is 12.8. The molecule has 7 heteroatoms. The van der Waals surface area contributed by atoms with Crippen molar-refractivity contribution in [3.63, 3.8) is 0 Å². The number of sulfonamides is 1. The highest BCUT2D eigenvalue weighted by Gasteiger charge is 2.39. The van der Waals surface area contributed by atoms with Crippen LogP contribution in [0.15, 0.2) is 34.4 Å². The fraction of sp³-hybridized carbons (Fsp3) is 0.533. The van der Waals surface area contributed by atoms with Gasteiger partial charge in [0.1, 0.15) is 0 Å². The minimum atomic E-state index is -3.52. The van der Waals surface area contributed by atoms with Crippen molar-refractivity contribution in [2.45, 2.75) is 50.2 Å². The van der Waals surface area contributed by atoms with Gasteiger partial charge < -0.3 is 4.57 Å². The molecule has 2 aromatic heterocycles. The first-order valence-corrected chi connectivity index (χ1v) is 9.85. The average molecular weight is 339 g/mol. The molecule has 0 aliphatic carbocycles. The SMILES string of the molecule is CC(C)n1cnc(S(=O)(=O)N2C[C@@H](c3ccsc3)C[C@H]2C)c1. The highest BCUT2D eigenvalue weighted by Crippen LogP contribution is 2.35. The van der Waals surface area contributed by atoms with Crippen molar-refractivity contribution in [1.29, 1.82) is 0 Å². The van der Waals surface area contributed by atoms with Crippen molar-refractivity contribution >= 4 is 21.4 Å². The van der Waals surface area contributed by atoms with Crippen molar-refractivity contribution in [3.05, 3.63) is 34.9 Å². The lowest BCUT2D eigenvalue weighted by molar-refractivity contribution is 0.405. The van der Waals surface area contributed by atoms with E-state index in [2.05, 4.69) is 16.4 Å². The minimum Gasteiger partial charge on any atom is -0.334 e. The molecule has 0 aromatic carbocycles. The highest BCUT2D eigenvalue weighted by atomic mass is 32.2. The Morgan fingerprint density at radius 3 is 2.77 bits per heavy atom. The van der Waals surface area contributed by atoms with Gasteiger partial charge >= 0.3 is 0 Å². The molecule has 3 heterocycles. The van der Waals surface area contributed by atoms with Crippen molar-refractivity contribution in [2.75, 3.05) is 6.54 Å². The van der Waals surface area contributed by atoms with E-state index in [-0.39, 0.29) is 23.0 Å². The zero-order valence-corrected chi connectivity index (χ0v) is 14.6. The molecule has 1 saturated heterocycles. The van der Waals surface area contributed by atoms with Crippen LogP contribution in [0.3, 0.4) is 0 Å². The number of rotatable bonds is 4. The molecule has 22 heavy (non-hydrogen) atoms. The summed E-state index contributed by atoms with van der Waals surface area (Å²) in [5, 5.41) is 4.31. The monoisotopic (exact) mass is 339 g/mol. The van der Waals surface area contributed by atoms with E-state index in [0.717, 1.165) is 6.42 Å². The molecule has 0 spiro atoms. The van der Waals surface area contributed by atoms with Crippen LogP contribution in [0.4, 0.5) is 0 Å². The summed E-state index contributed by atoms with van der Waals surface area (Å²) >= 11 is 1.66. The Bertz CT molecular complexity index is 735. The maximum Gasteiger partial charge on any atom is 0.262 e. The van der Waals surface area contributed by atoms with Crippen LogP contribution < -0.4 is 0 Å². The Balaban J connectivity index is 1.85. The summed E-state index contributed by atoms with van der Waals surface area (Å²) in [5.41, 5.74) is 1.24. The molecule has 0 N–H and O–H groups in total. The molecule has 1 aliphatic heterocycles. The van der Waals surface area contributed by atoms with E-state index in [1.54, 1.807) is 28.2 Å². The predicted octanol–water partition coefficient (Wildman–Crippen LogP) is 3.09. The van der Waals surface area contributed by atoms with Crippen molar-refractivity contribution in [3.8, 4) is 0 Å². The first-order chi connectivity index (χ1) is 10.4. The zero-order chi connectivity index (χ0) is 15.9. The number of nitrogens with zero attached hydrogens (tertiary/aromatic N) is 3. The van der Waals surface area contributed by atoms with E-state index in [0.29, 0.717) is 6.54 Å². The lowest BCUT2D eigenvalue weighted by Gasteiger charge is -2.19. The molecule has 2 atom stereocenters. The van der Waals surface area contributed by atoms with Gasteiger partial charge in [0.05, 0.1) is 6.33 Å². The molecule has 0 unspecified atom stereocenters. The predicted molar refractivity (Wildman–Crippen MR) is 87.6 cm³/mol. The number of aromatic nitrogens is 2. The van der Waals surface area contributed by atoms with Crippen LogP contribution >= 0.6 is 11.3 Å². The standard InChI is InChI=1S/C15H21N3O2S2/c1-11(2)17-8-15(16-10-17)22(19,20)18-7-14(6-12(18)3)13-4-5-21-9-13/h4-5,8-12,14H,6-7H2,1-3H3/t12-,14+/m1/s1. The van der Waals surface area contributed by atoms with Gasteiger partial charge in [-0.25, -0.2) is 13.4 Å². The number of hydrogen-bond acceptors (Lipinski definition) is 4. The molecular formula is C15H21N3O2S2. The third-order valence-corrected chi connectivity index (χ3v) is 6.85. The molecule has 0 saturated carbocycles. The fourth-order valence-corrected chi connectivity index (χ4v) is 5.29. The minimum absolute atomic E-state index is 0.000833. The maximum atomic E-state index is 12.8. The smallest absolute Gasteiger partial charge is 0.262 e. The van der Waals surface area contributed by atoms with Crippen LogP contribution in [-0.4, -0.2) is 34.9 Å². The van der Waals surface area contributed by atoms with Gasteiger partial charge in [-0.1, -0.05) is 0 Å². The fourth-order valence-electron chi connectivity index (χ4n) is 2.94. The van der Waals surface area contributed by atoms with Crippen molar-refractivity contribution < 1.29 is 8.42 Å². The van der Waals surface area contributed by atoms with Gasteiger partial charge in [-0.2, -0.15) is 15.6 Å². The second kappa shape index (κ2) is 5.79. The molecule has 0 amide bonds. The van der Waals surface area contributed by atoms with E-state index >= 15 is 0 Å². The van der Waals surface area contributed by atoms with Crippen LogP contribution in [0.25, 0.3) is 0 Å². The van der Waals surface area contributed by atoms with Crippen LogP contribution in [0, 0.1) is 0 Å². The Morgan fingerprint density at radius 1 is 1.41 bits per heavy atom. The summed E-state index contributed by atoms with van der Waals surface area (Å²) in [6, 6.07) is 2.29. The average Bonchev–Trinajstić information content (AvgIpc) is 3.19. The molecule has 1 fully saturated rings. The molecule has 2 aromatic rings. The van der Waals surface area contributed by atoms with Crippen LogP contribution in [-0.2, 0) is 10.0 Å². The van der Waals surface area contributed by atoms with Gasteiger partial charge in [-0.15, -0.1) is 0 Å². The van der Waals surface area contributed by atoms with E-state index in [1.165, 1.54) is 5.56 Å². The van der Waals surface area contributed by atoms with Crippen molar-refractivity contribution in [1.82, 2.24) is 13.9 Å². The largest absolute Gasteiger partial charge is 0.334 e. The van der Waals surface area contributed by atoms with Gasteiger partial charge in [-0.3, -0.25) is 0 Å². The Morgan fingerprint density at radius 2 is 2.18 bits per heavy atom. The van der Waals surface area contributed by atoms with E-state index in [4.69, 9.17) is 0 Å². The molecule has 120 valence electrons. The second-order valence-electron chi connectivity index (χ2n) is 6.17. The molecular weight excluding hydrogens is 318 g/mol. The highest BCUT2D eigenvalue weighted by molar-refractivity contribution is 7.89. The Hall–Kier alpha value is -1.18. The summed E-state index contributed by atoms with van der Waals surface area (Å²) < 4.78 is 29.1. The summed E-state index contributed by atoms with van der Waals surface area (Å²) in [6.45, 7) is 6.52. The first kappa shape index (κ1) is 15.7. The van der Waals surface area contributed by atoms with Crippen LogP contribution in [0.2, 0.25) is 0 Å². The molecule has 3 rings (SSSR count). The lowest BCUT2D eigenvalue weighted by atomic mass is 10.00. The number of thiophene rings is 1. The third-order valence-electron chi connectivity index (χ3n) is 4.28. The quantitative estimate of drug-likeness (QED) is 0.860. The third kappa shape index (κ3) is 2.73. The molecule has 0 radical (unpaired) electrons. The summed E-state index contributed by atoms with van der Waals surface area (Å²) in [7, 11) is -3.52. The van der Waals surface area contributed by atoms with Gasteiger partial charge in [0, 0.05) is 30.7 Å². The zero-order valence-electron chi connectivity index (χ0n) is 13.0. The Kier molecular flexibility index (Phi) is 4.13. The number of hydrogen-bond donors (Lipinski definition) is 0. The van der Waals surface area contributed by atoms with Gasteiger partial charge in [-0.05, 0) is 49.6 Å². The molecule has 0 bridgehead atoms. The van der Waals surface area contributed by atoms with Gasteiger partial charge in [0.2, 0.25) is 0 Å². The summed E-state index contributed by atoms with van der Waals surface area (Å²) in [4.78, 5) is 4.11. The summed E-state index contributed by atoms with van der Waals surface area (Å²) in [6.07, 6.45) is 4.08. The normalized spacial score (nSPS) is 23.5. The van der Waals surface area contributed by atoms with E-state index in [1.807, 2.05) is 30.7 Å². The number of imidazole rings is 1. The van der Waals surface area contributed by atoms with Crippen LogP contribution in [0.5, 0.6) is 0 Å². The first-order valence-electron chi connectivity index (χ1n) is 7.47. The van der Waals surface area contributed by atoms with Gasteiger partial charge in [0.15, 0.2) is 5.03 Å². The topological polar surface area (TPSA) is 55.2 Å². The van der Waals surface area contributed by atoms with Crippen LogP contribution in [0.1, 0.15) is 44.7 Å².